The van der Waals surface area contributed by atoms with E-state index in [9.17, 15) is 4.79 Å². The van der Waals surface area contributed by atoms with Crippen molar-refractivity contribution in [1.29, 1.82) is 0 Å². The van der Waals surface area contributed by atoms with E-state index in [4.69, 9.17) is 17.3 Å². The first kappa shape index (κ1) is 17.2. The summed E-state index contributed by atoms with van der Waals surface area (Å²) in [6.45, 7) is 0.308. The van der Waals surface area contributed by atoms with Gasteiger partial charge in [-0.3, -0.25) is 9.89 Å². The average Bonchev–Trinajstić information content (AvgIpc) is 3.13. The van der Waals surface area contributed by atoms with Crippen LogP contribution in [0, 0.1) is 0 Å². The van der Waals surface area contributed by atoms with Gasteiger partial charge in [0.1, 0.15) is 5.69 Å². The summed E-state index contributed by atoms with van der Waals surface area (Å²) < 4.78 is 0. The normalized spacial score (nSPS) is 11.9. The molecule has 0 spiro atoms. The molecule has 2 aromatic carbocycles. The maximum absolute atomic E-state index is 12.6. The third-order valence-electron chi connectivity index (χ3n) is 3.97. The van der Waals surface area contributed by atoms with E-state index in [0.29, 0.717) is 29.4 Å². The molecule has 128 valence electrons. The minimum atomic E-state index is -0.253. The molecule has 0 radical (unpaired) electrons. The van der Waals surface area contributed by atoms with Crippen molar-refractivity contribution in [2.24, 2.45) is 5.73 Å². The number of H-pyrrole nitrogens is 1. The van der Waals surface area contributed by atoms with E-state index in [-0.39, 0.29) is 11.9 Å². The van der Waals surface area contributed by atoms with Crippen molar-refractivity contribution in [3.63, 3.8) is 0 Å². The van der Waals surface area contributed by atoms with E-state index in [1.807, 2.05) is 54.6 Å². The van der Waals surface area contributed by atoms with Crippen LogP contribution in [0.15, 0.2) is 60.7 Å². The first-order chi connectivity index (χ1) is 12.2. The van der Waals surface area contributed by atoms with Crippen LogP contribution in [0.5, 0.6) is 0 Å². The highest BCUT2D eigenvalue weighted by Crippen LogP contribution is 2.23. The molecular formula is C19H19ClN4O. The Morgan fingerprint density at radius 3 is 2.56 bits per heavy atom. The number of amides is 1. The van der Waals surface area contributed by atoms with Gasteiger partial charge in [-0.2, -0.15) is 5.10 Å². The molecule has 4 N–H and O–H groups in total. The van der Waals surface area contributed by atoms with Crippen LogP contribution in [-0.4, -0.2) is 16.1 Å². The van der Waals surface area contributed by atoms with E-state index in [2.05, 4.69) is 15.5 Å². The Labute approximate surface area is 151 Å². The van der Waals surface area contributed by atoms with Gasteiger partial charge in [-0.05, 0) is 29.7 Å². The number of carbonyl (C=O) groups is 1. The molecule has 6 heteroatoms. The zero-order chi connectivity index (χ0) is 17.6. The molecule has 0 aliphatic carbocycles. The third kappa shape index (κ3) is 4.26. The van der Waals surface area contributed by atoms with E-state index in [1.165, 1.54) is 0 Å². The molecule has 25 heavy (non-hydrogen) atoms. The first-order valence-corrected chi connectivity index (χ1v) is 8.38. The van der Waals surface area contributed by atoms with Crippen molar-refractivity contribution in [2.75, 3.05) is 0 Å². The van der Waals surface area contributed by atoms with Crippen LogP contribution in [-0.2, 0) is 13.0 Å². The molecule has 3 aromatic rings. The summed E-state index contributed by atoms with van der Waals surface area (Å²) in [5.74, 6) is -0.253. The summed E-state index contributed by atoms with van der Waals surface area (Å²) in [5, 5.41) is 10.5. The van der Waals surface area contributed by atoms with Crippen LogP contribution in [0.3, 0.4) is 0 Å². The number of carbonyl (C=O) groups excluding carboxylic acids is 1. The van der Waals surface area contributed by atoms with Crippen LogP contribution in [0.25, 0.3) is 0 Å². The van der Waals surface area contributed by atoms with Gasteiger partial charge in [-0.25, -0.2) is 0 Å². The van der Waals surface area contributed by atoms with Crippen LogP contribution < -0.4 is 11.1 Å². The third-order valence-corrected chi connectivity index (χ3v) is 4.34. The van der Waals surface area contributed by atoms with Crippen LogP contribution in [0.4, 0.5) is 0 Å². The van der Waals surface area contributed by atoms with E-state index in [0.717, 1.165) is 11.1 Å². The molecule has 0 saturated heterocycles. The van der Waals surface area contributed by atoms with Gasteiger partial charge in [0, 0.05) is 17.3 Å². The largest absolute Gasteiger partial charge is 0.344 e. The lowest BCUT2D eigenvalue weighted by atomic mass is 9.98. The Bertz CT molecular complexity index is 847. The minimum Gasteiger partial charge on any atom is -0.344 e. The SMILES string of the molecule is NCc1cc(C(=O)NC(Cc2ccccc2Cl)c2ccccc2)n[nH]1. The fourth-order valence-electron chi connectivity index (χ4n) is 2.64. The van der Waals surface area contributed by atoms with E-state index >= 15 is 0 Å². The summed E-state index contributed by atoms with van der Waals surface area (Å²) in [5.41, 5.74) is 8.57. The summed E-state index contributed by atoms with van der Waals surface area (Å²) in [4.78, 5) is 12.6. The van der Waals surface area contributed by atoms with E-state index < -0.39 is 0 Å². The smallest absolute Gasteiger partial charge is 0.272 e. The predicted octanol–water partition coefficient (Wildman–Crippen LogP) is 3.24. The molecule has 5 nitrogen and oxygen atoms in total. The predicted molar refractivity (Wildman–Crippen MR) is 98.3 cm³/mol. The lowest BCUT2D eigenvalue weighted by Crippen LogP contribution is -2.30. The monoisotopic (exact) mass is 354 g/mol. The van der Waals surface area contributed by atoms with Gasteiger partial charge < -0.3 is 11.1 Å². The fraction of sp³-hybridized carbons (Fsp3) is 0.158. The summed E-state index contributed by atoms with van der Waals surface area (Å²) in [6.07, 6.45) is 0.587. The molecule has 0 aliphatic heterocycles. The van der Waals surface area contributed by atoms with Gasteiger partial charge in [-0.15, -0.1) is 0 Å². The van der Waals surface area contributed by atoms with Crippen LogP contribution in [0.1, 0.15) is 33.4 Å². The molecule has 0 aliphatic rings. The Hall–Kier alpha value is -2.63. The number of rotatable bonds is 6. The van der Waals surface area contributed by atoms with Crippen molar-refractivity contribution in [1.82, 2.24) is 15.5 Å². The number of aromatic amines is 1. The molecule has 0 fully saturated rings. The molecule has 1 heterocycles. The Kier molecular flexibility index (Phi) is 5.48. The highest BCUT2D eigenvalue weighted by molar-refractivity contribution is 6.31. The lowest BCUT2D eigenvalue weighted by Gasteiger charge is -2.19. The van der Waals surface area contributed by atoms with Gasteiger partial charge in [-0.1, -0.05) is 60.1 Å². The Morgan fingerprint density at radius 1 is 1.16 bits per heavy atom. The number of hydrogen-bond acceptors (Lipinski definition) is 3. The number of hydrogen-bond donors (Lipinski definition) is 3. The quantitative estimate of drug-likeness (QED) is 0.635. The number of benzene rings is 2. The number of aromatic nitrogens is 2. The Morgan fingerprint density at radius 2 is 1.88 bits per heavy atom. The van der Waals surface area contributed by atoms with Gasteiger partial charge in [0.05, 0.1) is 6.04 Å². The first-order valence-electron chi connectivity index (χ1n) is 8.01. The molecule has 1 amide bonds. The number of nitrogens with one attached hydrogen (secondary N) is 2. The highest BCUT2D eigenvalue weighted by atomic mass is 35.5. The molecule has 0 bridgehead atoms. The van der Waals surface area contributed by atoms with Crippen molar-refractivity contribution in [2.45, 2.75) is 19.0 Å². The molecule has 1 atom stereocenters. The standard InChI is InChI=1S/C19H19ClN4O/c20-16-9-5-4-8-14(16)10-17(13-6-2-1-3-7-13)22-19(25)18-11-15(12-21)23-24-18/h1-9,11,17H,10,12,21H2,(H,22,25)(H,23,24). The van der Waals surface area contributed by atoms with Gasteiger partial charge >= 0.3 is 0 Å². The number of nitrogens with zero attached hydrogens (tertiary/aromatic N) is 1. The molecule has 1 aromatic heterocycles. The second kappa shape index (κ2) is 7.96. The van der Waals surface area contributed by atoms with Crippen LogP contribution in [0.2, 0.25) is 5.02 Å². The molecule has 1 unspecified atom stereocenters. The second-order valence-corrected chi connectivity index (χ2v) is 6.12. The maximum atomic E-state index is 12.6. The molecule has 0 saturated carbocycles. The van der Waals surface area contributed by atoms with Crippen molar-refractivity contribution in [3.05, 3.63) is 88.2 Å². The zero-order valence-electron chi connectivity index (χ0n) is 13.6. The second-order valence-electron chi connectivity index (χ2n) is 5.71. The summed E-state index contributed by atoms with van der Waals surface area (Å²) in [7, 11) is 0. The molecular weight excluding hydrogens is 336 g/mol. The summed E-state index contributed by atoms with van der Waals surface area (Å²) in [6, 6.07) is 18.9. The van der Waals surface area contributed by atoms with E-state index in [1.54, 1.807) is 6.07 Å². The minimum absolute atomic E-state index is 0.216. The summed E-state index contributed by atoms with van der Waals surface area (Å²) >= 11 is 6.29. The fourth-order valence-corrected chi connectivity index (χ4v) is 2.85. The van der Waals surface area contributed by atoms with Crippen molar-refractivity contribution in [3.8, 4) is 0 Å². The van der Waals surface area contributed by atoms with Gasteiger partial charge in [0.25, 0.3) is 5.91 Å². The lowest BCUT2D eigenvalue weighted by molar-refractivity contribution is 0.0931. The maximum Gasteiger partial charge on any atom is 0.272 e. The van der Waals surface area contributed by atoms with Gasteiger partial charge in [0.15, 0.2) is 0 Å². The molecule has 3 rings (SSSR count). The number of halogens is 1. The zero-order valence-corrected chi connectivity index (χ0v) is 14.3. The van der Waals surface area contributed by atoms with Crippen LogP contribution >= 0.6 is 11.6 Å². The highest BCUT2D eigenvalue weighted by Gasteiger charge is 2.19. The van der Waals surface area contributed by atoms with Crippen molar-refractivity contribution >= 4 is 17.5 Å². The van der Waals surface area contributed by atoms with Gasteiger partial charge in [0.2, 0.25) is 0 Å². The van der Waals surface area contributed by atoms with Crippen molar-refractivity contribution < 1.29 is 4.79 Å². The average molecular weight is 355 g/mol. The Balaban J connectivity index is 1.84. The topological polar surface area (TPSA) is 83.8 Å². The number of nitrogens with two attached hydrogens (primary N) is 1.